The van der Waals surface area contributed by atoms with Gasteiger partial charge >= 0.3 is 0 Å². The number of nitrogens with zero attached hydrogens (tertiary/aromatic N) is 3. The Labute approximate surface area is 163 Å². The Kier molecular flexibility index (Phi) is 5.62. The lowest BCUT2D eigenvalue weighted by molar-refractivity contribution is -0.117. The molecule has 0 aliphatic carbocycles. The van der Waals surface area contributed by atoms with Crippen LogP contribution in [0.25, 0.3) is 0 Å². The summed E-state index contributed by atoms with van der Waals surface area (Å²) in [6.45, 7) is 2.78. The quantitative estimate of drug-likeness (QED) is 0.685. The van der Waals surface area contributed by atoms with E-state index in [0.29, 0.717) is 11.6 Å². The van der Waals surface area contributed by atoms with Crippen LogP contribution in [0.4, 0.5) is 24.5 Å². The topological polar surface area (TPSA) is 88.9 Å². The lowest BCUT2D eigenvalue weighted by Crippen LogP contribution is -2.21. The summed E-state index contributed by atoms with van der Waals surface area (Å²) in [5.74, 6) is -3.42. The first-order valence-corrected chi connectivity index (χ1v) is 8.47. The predicted molar refractivity (Wildman–Crippen MR) is 98.8 cm³/mol. The minimum Gasteiger partial charge on any atom is -0.322 e. The number of halogens is 3. The molecule has 1 heterocycles. The van der Waals surface area contributed by atoms with Gasteiger partial charge in [0.25, 0.3) is 5.91 Å². The fourth-order valence-electron chi connectivity index (χ4n) is 2.50. The monoisotopic (exact) mass is 403 g/mol. The number of carbonyl (C=O) groups excluding carboxylic acids is 2. The lowest BCUT2D eigenvalue weighted by atomic mass is 10.2. The van der Waals surface area contributed by atoms with Crippen molar-refractivity contribution in [3.63, 3.8) is 0 Å². The summed E-state index contributed by atoms with van der Waals surface area (Å²) in [5, 5.41) is 12.3. The Morgan fingerprint density at radius 2 is 1.76 bits per heavy atom. The Bertz CT molecular complexity index is 1100. The van der Waals surface area contributed by atoms with Gasteiger partial charge in [-0.25, -0.2) is 17.9 Å². The number of anilines is 2. The highest BCUT2D eigenvalue weighted by Crippen LogP contribution is 2.16. The molecular formula is C19H16F3N5O2. The number of rotatable bonds is 5. The minimum absolute atomic E-state index is 0.0493. The molecule has 0 saturated carbocycles. The van der Waals surface area contributed by atoms with E-state index in [4.69, 9.17) is 0 Å². The summed E-state index contributed by atoms with van der Waals surface area (Å²) in [6.07, 6.45) is 0. The van der Waals surface area contributed by atoms with Crippen LogP contribution in [0.15, 0.2) is 36.4 Å². The van der Waals surface area contributed by atoms with Gasteiger partial charge in [-0.15, -0.1) is 5.10 Å². The van der Waals surface area contributed by atoms with Crippen LogP contribution in [0.3, 0.4) is 0 Å². The summed E-state index contributed by atoms with van der Waals surface area (Å²) in [6, 6.07) is 6.99. The molecule has 1 aromatic heterocycles. The van der Waals surface area contributed by atoms with E-state index in [1.165, 1.54) is 19.1 Å². The molecule has 0 aliphatic rings. The first-order valence-electron chi connectivity index (χ1n) is 8.47. The van der Waals surface area contributed by atoms with Gasteiger partial charge in [-0.1, -0.05) is 11.3 Å². The van der Waals surface area contributed by atoms with Crippen LogP contribution >= 0.6 is 0 Å². The second kappa shape index (κ2) is 8.13. The molecule has 0 aliphatic heterocycles. The summed E-state index contributed by atoms with van der Waals surface area (Å²) in [4.78, 5) is 24.5. The molecule has 0 fully saturated rings. The van der Waals surface area contributed by atoms with Crippen molar-refractivity contribution < 1.29 is 22.8 Å². The molecule has 10 heteroatoms. The summed E-state index contributed by atoms with van der Waals surface area (Å²) < 4.78 is 41.3. The number of nitrogens with one attached hydrogen (secondary N) is 2. The third-order valence-corrected chi connectivity index (χ3v) is 4.13. The van der Waals surface area contributed by atoms with E-state index in [2.05, 4.69) is 20.9 Å². The van der Waals surface area contributed by atoms with Gasteiger partial charge in [0.15, 0.2) is 5.69 Å². The van der Waals surface area contributed by atoms with Crippen LogP contribution in [0, 0.1) is 31.3 Å². The van der Waals surface area contributed by atoms with Crippen molar-refractivity contribution in [3.05, 3.63) is 70.8 Å². The second-order valence-corrected chi connectivity index (χ2v) is 6.27. The van der Waals surface area contributed by atoms with Gasteiger partial charge in [-0.05, 0) is 43.7 Å². The number of benzene rings is 2. The van der Waals surface area contributed by atoms with Gasteiger partial charge < -0.3 is 10.6 Å². The molecule has 0 unspecified atom stereocenters. The number of aromatic nitrogens is 3. The van der Waals surface area contributed by atoms with Crippen molar-refractivity contribution in [2.24, 2.45) is 0 Å². The van der Waals surface area contributed by atoms with Crippen LogP contribution in [0.5, 0.6) is 0 Å². The molecule has 0 atom stereocenters. The number of hydrogen-bond acceptors (Lipinski definition) is 4. The Balaban J connectivity index is 1.68. The van der Waals surface area contributed by atoms with Crippen molar-refractivity contribution in [2.45, 2.75) is 20.4 Å². The van der Waals surface area contributed by atoms with Crippen molar-refractivity contribution >= 4 is 23.2 Å². The van der Waals surface area contributed by atoms with E-state index in [0.717, 1.165) is 16.8 Å². The zero-order valence-electron chi connectivity index (χ0n) is 15.5. The largest absolute Gasteiger partial charge is 0.322 e. The maximum Gasteiger partial charge on any atom is 0.278 e. The maximum absolute atomic E-state index is 13.6. The molecule has 0 radical (unpaired) electrons. The first kappa shape index (κ1) is 20.1. The average molecular weight is 403 g/mol. The van der Waals surface area contributed by atoms with E-state index in [-0.39, 0.29) is 29.3 Å². The molecule has 0 spiro atoms. The molecule has 7 nitrogen and oxygen atoms in total. The third kappa shape index (κ3) is 4.60. The number of carbonyl (C=O) groups is 2. The van der Waals surface area contributed by atoms with Crippen molar-refractivity contribution in [2.75, 3.05) is 10.6 Å². The van der Waals surface area contributed by atoms with E-state index < -0.39 is 29.3 Å². The molecule has 3 aromatic rings. The standard InChI is InChI=1S/C19H16F3N5O2/c1-10-3-5-13(8-14(10)21)23-19(29)18-11(2)27(26-25-18)9-17(28)24-16-6-4-12(20)7-15(16)22/h3-8H,9H2,1-2H3,(H,23,29)(H,24,28). The van der Waals surface area contributed by atoms with Crippen LogP contribution in [0.1, 0.15) is 21.7 Å². The van der Waals surface area contributed by atoms with E-state index in [9.17, 15) is 22.8 Å². The van der Waals surface area contributed by atoms with Gasteiger partial charge in [0.2, 0.25) is 5.91 Å². The van der Waals surface area contributed by atoms with Gasteiger partial charge in [0.1, 0.15) is 24.0 Å². The van der Waals surface area contributed by atoms with Crippen LogP contribution in [-0.2, 0) is 11.3 Å². The Hall–Kier alpha value is -3.69. The smallest absolute Gasteiger partial charge is 0.278 e. The summed E-state index contributed by atoms with van der Waals surface area (Å²) >= 11 is 0. The number of amides is 2. The molecule has 29 heavy (non-hydrogen) atoms. The molecule has 150 valence electrons. The average Bonchev–Trinajstić information content (AvgIpc) is 3.01. The third-order valence-electron chi connectivity index (χ3n) is 4.13. The van der Waals surface area contributed by atoms with Crippen LogP contribution in [0.2, 0.25) is 0 Å². The molecular weight excluding hydrogens is 387 g/mol. The fraction of sp³-hybridized carbons (Fsp3) is 0.158. The first-order chi connectivity index (χ1) is 13.7. The van der Waals surface area contributed by atoms with E-state index in [1.807, 2.05) is 0 Å². The minimum atomic E-state index is -0.918. The zero-order valence-corrected chi connectivity index (χ0v) is 15.5. The molecule has 2 N–H and O–H groups in total. The molecule has 2 aromatic carbocycles. The Morgan fingerprint density at radius 3 is 2.45 bits per heavy atom. The van der Waals surface area contributed by atoms with E-state index in [1.54, 1.807) is 13.0 Å². The van der Waals surface area contributed by atoms with Gasteiger partial charge in [-0.2, -0.15) is 0 Å². The SMILES string of the molecule is Cc1ccc(NC(=O)c2nnn(CC(=O)Nc3ccc(F)cc3F)c2C)cc1F. The summed E-state index contributed by atoms with van der Waals surface area (Å²) in [5.41, 5.74) is 0.732. The molecule has 0 bridgehead atoms. The maximum atomic E-state index is 13.6. The van der Waals surface area contributed by atoms with Crippen molar-refractivity contribution in [1.29, 1.82) is 0 Å². The highest BCUT2D eigenvalue weighted by molar-refractivity contribution is 6.03. The van der Waals surface area contributed by atoms with Gasteiger partial charge in [0, 0.05) is 11.8 Å². The molecule has 3 rings (SSSR count). The fourth-order valence-corrected chi connectivity index (χ4v) is 2.50. The van der Waals surface area contributed by atoms with E-state index >= 15 is 0 Å². The summed E-state index contributed by atoms with van der Waals surface area (Å²) in [7, 11) is 0. The zero-order chi connectivity index (χ0) is 21.1. The Morgan fingerprint density at radius 1 is 1.00 bits per heavy atom. The highest BCUT2D eigenvalue weighted by Gasteiger charge is 2.19. The number of aryl methyl sites for hydroxylation is 1. The predicted octanol–water partition coefficient (Wildman–Crippen LogP) is 3.20. The van der Waals surface area contributed by atoms with Gasteiger partial charge in [-0.3, -0.25) is 9.59 Å². The normalized spacial score (nSPS) is 10.7. The second-order valence-electron chi connectivity index (χ2n) is 6.27. The van der Waals surface area contributed by atoms with Crippen LogP contribution in [-0.4, -0.2) is 26.8 Å². The van der Waals surface area contributed by atoms with Gasteiger partial charge in [0.05, 0.1) is 11.4 Å². The lowest BCUT2D eigenvalue weighted by Gasteiger charge is -2.08. The van der Waals surface area contributed by atoms with Crippen molar-refractivity contribution in [3.8, 4) is 0 Å². The number of hydrogen-bond donors (Lipinski definition) is 2. The molecule has 0 saturated heterocycles. The molecule has 2 amide bonds. The van der Waals surface area contributed by atoms with Crippen molar-refractivity contribution in [1.82, 2.24) is 15.0 Å². The highest BCUT2D eigenvalue weighted by atomic mass is 19.1. The van der Waals surface area contributed by atoms with Crippen LogP contribution < -0.4 is 10.6 Å².